The van der Waals surface area contributed by atoms with Crippen LogP contribution < -0.4 is 0 Å². The van der Waals surface area contributed by atoms with Crippen molar-refractivity contribution in [1.82, 2.24) is 14.4 Å². The molecule has 0 aliphatic carbocycles. The zero-order valence-electron chi connectivity index (χ0n) is 20.8. The lowest BCUT2D eigenvalue weighted by Gasteiger charge is -2.29. The van der Waals surface area contributed by atoms with E-state index in [-0.39, 0.29) is 29.6 Å². The second kappa shape index (κ2) is 12.4. The highest BCUT2D eigenvalue weighted by Crippen LogP contribution is 2.19. The van der Waals surface area contributed by atoms with Gasteiger partial charge in [-0.3, -0.25) is 19.7 Å². The topological polar surface area (TPSA) is 88.7 Å². The number of likely N-dealkylation sites (N-methyl/N-ethyl adjacent to an activating group) is 1. The van der Waals surface area contributed by atoms with Gasteiger partial charge in [0, 0.05) is 54.2 Å². The van der Waals surface area contributed by atoms with E-state index in [0.29, 0.717) is 31.2 Å². The summed E-state index contributed by atoms with van der Waals surface area (Å²) in [5, 5.41) is 11.8. The molecule has 0 atom stereocenters. The van der Waals surface area contributed by atoms with Crippen LogP contribution in [-0.4, -0.2) is 50.7 Å². The number of rotatable bonds is 11. The normalized spacial score (nSPS) is 10.9. The van der Waals surface area contributed by atoms with Crippen molar-refractivity contribution in [2.45, 2.75) is 33.9 Å². The minimum absolute atomic E-state index is 0.115. The lowest BCUT2D eigenvalue weighted by Crippen LogP contribution is -2.44. The number of amides is 2. The molecule has 3 rings (SSSR count). The van der Waals surface area contributed by atoms with E-state index in [9.17, 15) is 19.7 Å². The summed E-state index contributed by atoms with van der Waals surface area (Å²) in [7, 11) is 0. The molecule has 9 heteroatoms. The van der Waals surface area contributed by atoms with Gasteiger partial charge in [0.1, 0.15) is 6.54 Å². The predicted molar refractivity (Wildman–Crippen MR) is 140 cm³/mol. The van der Waals surface area contributed by atoms with Crippen LogP contribution in [-0.2, 0) is 17.9 Å². The van der Waals surface area contributed by atoms with Gasteiger partial charge < -0.3 is 14.4 Å². The summed E-state index contributed by atoms with van der Waals surface area (Å²) < 4.78 is 2.06. The number of non-ortho nitro benzene ring substituents is 1. The Balaban J connectivity index is 1.77. The van der Waals surface area contributed by atoms with E-state index < -0.39 is 10.8 Å². The number of hydrogen-bond acceptors (Lipinski definition) is 4. The highest BCUT2D eigenvalue weighted by Gasteiger charge is 2.24. The number of carbonyl (C=O) groups excluding carboxylic acids is 2. The molecule has 190 valence electrons. The zero-order valence-corrected chi connectivity index (χ0v) is 21.5. The van der Waals surface area contributed by atoms with E-state index in [4.69, 9.17) is 11.6 Å². The second-order valence-corrected chi connectivity index (χ2v) is 9.42. The first-order valence-electron chi connectivity index (χ1n) is 11.9. The van der Waals surface area contributed by atoms with Gasteiger partial charge in [0.15, 0.2) is 0 Å². The van der Waals surface area contributed by atoms with E-state index in [1.165, 1.54) is 29.2 Å². The van der Waals surface area contributed by atoms with E-state index in [1.54, 1.807) is 11.8 Å². The van der Waals surface area contributed by atoms with Crippen molar-refractivity contribution in [3.63, 3.8) is 0 Å². The van der Waals surface area contributed by atoms with Gasteiger partial charge in [-0.1, -0.05) is 49.7 Å². The molecule has 0 spiro atoms. The molecule has 0 N–H and O–H groups in total. The molecule has 1 aromatic heterocycles. The number of hydrogen-bond donors (Lipinski definition) is 0. The first-order chi connectivity index (χ1) is 17.2. The number of nitro groups is 1. The molecule has 2 amide bonds. The molecule has 0 unspecified atom stereocenters. The SMILES string of the molecule is CCN(CC(=O)N(Cc1cccn1Cc1ccccc1Cl)CC(C)C)C(=O)c1cccc([N+](=O)[O-])c1. The molecule has 0 fully saturated rings. The van der Waals surface area contributed by atoms with Gasteiger partial charge in [0.05, 0.1) is 11.5 Å². The van der Waals surface area contributed by atoms with Gasteiger partial charge in [0.2, 0.25) is 5.91 Å². The van der Waals surface area contributed by atoms with Crippen LogP contribution >= 0.6 is 11.6 Å². The fourth-order valence-corrected chi connectivity index (χ4v) is 4.17. The smallest absolute Gasteiger partial charge is 0.270 e. The van der Waals surface area contributed by atoms with E-state index in [2.05, 4.69) is 4.57 Å². The summed E-state index contributed by atoms with van der Waals surface area (Å²) in [4.78, 5) is 40.2. The average Bonchev–Trinajstić information content (AvgIpc) is 3.29. The lowest BCUT2D eigenvalue weighted by atomic mass is 10.1. The first kappa shape index (κ1) is 26.9. The molecule has 0 saturated carbocycles. The molecule has 0 saturated heterocycles. The predicted octanol–water partition coefficient (Wildman–Crippen LogP) is 5.24. The number of benzene rings is 2. The maximum atomic E-state index is 13.4. The Morgan fingerprint density at radius 2 is 1.81 bits per heavy atom. The van der Waals surface area contributed by atoms with Gasteiger partial charge in [-0.15, -0.1) is 0 Å². The Morgan fingerprint density at radius 3 is 2.47 bits per heavy atom. The number of carbonyl (C=O) groups is 2. The number of nitrogens with zero attached hydrogens (tertiary/aromatic N) is 4. The van der Waals surface area contributed by atoms with Crippen LogP contribution in [0.15, 0.2) is 66.9 Å². The second-order valence-electron chi connectivity index (χ2n) is 9.01. The standard InChI is InChI=1S/C27H31ClN4O4/c1-4-29(27(34)21-10-7-11-23(15-21)32(35)36)19-26(33)31(16-20(2)3)18-24-12-8-14-30(24)17-22-9-5-6-13-25(22)28/h5-15,20H,4,16-19H2,1-3H3. The number of nitro benzene ring substituents is 1. The highest BCUT2D eigenvalue weighted by atomic mass is 35.5. The van der Waals surface area contributed by atoms with Crippen LogP contribution in [0.1, 0.15) is 42.4 Å². The third-order valence-electron chi connectivity index (χ3n) is 5.81. The Labute approximate surface area is 216 Å². The third kappa shape index (κ3) is 6.95. The summed E-state index contributed by atoms with van der Waals surface area (Å²) in [6.45, 7) is 7.53. The van der Waals surface area contributed by atoms with Gasteiger partial charge in [0.25, 0.3) is 11.6 Å². The molecule has 2 aromatic carbocycles. The molecule has 0 aliphatic rings. The summed E-state index contributed by atoms with van der Waals surface area (Å²) >= 11 is 6.35. The van der Waals surface area contributed by atoms with Crippen LogP contribution in [0.25, 0.3) is 0 Å². The number of aromatic nitrogens is 1. The van der Waals surface area contributed by atoms with Crippen LogP contribution in [0, 0.1) is 16.0 Å². The summed E-state index contributed by atoms with van der Waals surface area (Å²) in [6, 6.07) is 17.1. The van der Waals surface area contributed by atoms with Crippen LogP contribution in [0.4, 0.5) is 5.69 Å². The molecule has 8 nitrogen and oxygen atoms in total. The Kier molecular flexibility index (Phi) is 9.25. The van der Waals surface area contributed by atoms with Crippen LogP contribution in [0.2, 0.25) is 5.02 Å². The number of halogens is 1. The maximum absolute atomic E-state index is 13.4. The zero-order chi connectivity index (χ0) is 26.2. The van der Waals surface area contributed by atoms with Crippen molar-refractivity contribution in [2.75, 3.05) is 19.6 Å². The molecule has 1 heterocycles. The molecule has 36 heavy (non-hydrogen) atoms. The monoisotopic (exact) mass is 510 g/mol. The average molecular weight is 511 g/mol. The van der Waals surface area contributed by atoms with Gasteiger partial charge in [-0.25, -0.2) is 0 Å². The van der Waals surface area contributed by atoms with Crippen molar-refractivity contribution >= 4 is 29.1 Å². The molecule has 0 aliphatic heterocycles. The highest BCUT2D eigenvalue weighted by molar-refractivity contribution is 6.31. The Bertz CT molecular complexity index is 1220. The van der Waals surface area contributed by atoms with Gasteiger partial charge in [-0.05, 0) is 42.7 Å². The van der Waals surface area contributed by atoms with Crippen molar-refractivity contribution < 1.29 is 14.5 Å². The maximum Gasteiger partial charge on any atom is 0.270 e. The van der Waals surface area contributed by atoms with Gasteiger partial charge in [-0.2, -0.15) is 0 Å². The van der Waals surface area contributed by atoms with Crippen molar-refractivity contribution in [1.29, 1.82) is 0 Å². The van der Waals surface area contributed by atoms with Crippen molar-refractivity contribution in [2.24, 2.45) is 5.92 Å². The molecule has 3 aromatic rings. The third-order valence-corrected chi connectivity index (χ3v) is 6.18. The van der Waals surface area contributed by atoms with E-state index in [0.717, 1.165) is 11.3 Å². The van der Waals surface area contributed by atoms with Crippen LogP contribution in [0.3, 0.4) is 0 Å². The van der Waals surface area contributed by atoms with Crippen LogP contribution in [0.5, 0.6) is 0 Å². The quantitative estimate of drug-likeness (QED) is 0.260. The fourth-order valence-electron chi connectivity index (χ4n) is 3.97. The Morgan fingerprint density at radius 1 is 1.06 bits per heavy atom. The van der Waals surface area contributed by atoms with E-state index >= 15 is 0 Å². The minimum Gasteiger partial charge on any atom is -0.345 e. The van der Waals surface area contributed by atoms with Crippen molar-refractivity contribution in [3.8, 4) is 0 Å². The summed E-state index contributed by atoms with van der Waals surface area (Å²) in [6.07, 6.45) is 1.96. The van der Waals surface area contributed by atoms with Gasteiger partial charge >= 0.3 is 0 Å². The largest absolute Gasteiger partial charge is 0.345 e. The Hall–Kier alpha value is -3.65. The molecular weight excluding hydrogens is 480 g/mol. The summed E-state index contributed by atoms with van der Waals surface area (Å²) in [5.74, 6) is -0.376. The minimum atomic E-state index is -0.541. The van der Waals surface area contributed by atoms with Crippen molar-refractivity contribution in [3.05, 3.63) is 98.8 Å². The molecule has 0 radical (unpaired) electrons. The molecular formula is C27H31ClN4O4. The lowest BCUT2D eigenvalue weighted by molar-refractivity contribution is -0.384. The molecule has 0 bridgehead atoms. The first-order valence-corrected chi connectivity index (χ1v) is 12.3. The fraction of sp³-hybridized carbons (Fsp3) is 0.333. The summed E-state index contributed by atoms with van der Waals surface area (Å²) in [5.41, 5.74) is 1.96. The van der Waals surface area contributed by atoms with E-state index in [1.807, 2.05) is 56.4 Å².